The third-order valence-electron chi connectivity index (χ3n) is 11.4. The Hall–Kier alpha value is -1.89. The number of nitrogens with zero attached hydrogens (tertiary/aromatic N) is 3. The van der Waals surface area contributed by atoms with Gasteiger partial charge in [0.05, 0.1) is 12.1 Å². The molecule has 34 heavy (non-hydrogen) atoms. The molecule has 5 saturated carbocycles. The summed E-state index contributed by atoms with van der Waals surface area (Å²) in [6.07, 6.45) is 13.9. The fourth-order valence-electron chi connectivity index (χ4n) is 10.4. The summed E-state index contributed by atoms with van der Waals surface area (Å²) < 4.78 is 1.77. The minimum Gasteiger partial charge on any atom is -0.390 e. The molecule has 1 aromatic rings. The van der Waals surface area contributed by atoms with E-state index in [0.29, 0.717) is 35.9 Å². The molecule has 0 bridgehead atoms. The van der Waals surface area contributed by atoms with Crippen molar-refractivity contribution in [2.24, 2.45) is 52.8 Å². The number of rotatable bonds is 3. The van der Waals surface area contributed by atoms with Gasteiger partial charge in [-0.25, -0.2) is 4.79 Å². The van der Waals surface area contributed by atoms with E-state index in [-0.39, 0.29) is 5.41 Å². The second-order valence-electron chi connectivity index (χ2n) is 13.0. The highest BCUT2D eigenvalue weighted by Gasteiger charge is 2.65. The van der Waals surface area contributed by atoms with Crippen molar-refractivity contribution in [1.82, 2.24) is 9.78 Å². The molecule has 0 aromatic carbocycles. The maximum atomic E-state index is 12.4. The summed E-state index contributed by atoms with van der Waals surface area (Å²) in [5, 5.41) is 24.2. The van der Waals surface area contributed by atoms with Crippen LogP contribution in [0.15, 0.2) is 17.8 Å². The number of nitriles is 1. The van der Waals surface area contributed by atoms with Gasteiger partial charge in [0.25, 0.3) is 0 Å². The lowest BCUT2D eigenvalue weighted by molar-refractivity contribution is -0.105. The molecule has 1 aromatic heterocycles. The van der Waals surface area contributed by atoms with E-state index < -0.39 is 5.60 Å². The molecule has 0 radical (unpaired) electrons. The zero-order valence-electron chi connectivity index (χ0n) is 20.7. The Morgan fingerprint density at radius 3 is 2.62 bits per heavy atom. The van der Waals surface area contributed by atoms with Crippen LogP contribution in [0.25, 0.3) is 0 Å². The van der Waals surface area contributed by atoms with Gasteiger partial charge < -0.3 is 5.11 Å². The molecule has 0 aliphatic heterocycles. The van der Waals surface area contributed by atoms with Gasteiger partial charge in [-0.1, -0.05) is 13.3 Å². The van der Waals surface area contributed by atoms with Crippen molar-refractivity contribution in [3.05, 3.63) is 23.5 Å². The lowest BCUT2D eigenvalue weighted by Gasteiger charge is -2.57. The average Bonchev–Trinajstić information content (AvgIpc) is 3.51. The first-order valence-electron chi connectivity index (χ1n) is 13.7. The lowest BCUT2D eigenvalue weighted by Crippen LogP contribution is -2.51. The predicted molar refractivity (Wildman–Crippen MR) is 129 cm³/mol. The first kappa shape index (κ1) is 22.6. The molecule has 5 nitrogen and oxygen atoms in total. The SMILES string of the molecule is C[C@@]1(O)CC[C@H]2C(CCC3C4[C@@H]5CCC[C@@H]5[C@@H](C(=C=O)Cn5ccc(C#N)n5)[C@@]4(C)CC[C@@H]32)C1. The topological polar surface area (TPSA) is 78.9 Å². The molecule has 10 atom stereocenters. The van der Waals surface area contributed by atoms with Crippen molar-refractivity contribution in [3.63, 3.8) is 0 Å². The first-order chi connectivity index (χ1) is 16.3. The summed E-state index contributed by atoms with van der Waals surface area (Å²) >= 11 is 0. The molecule has 182 valence electrons. The molecule has 5 fully saturated rings. The van der Waals surface area contributed by atoms with Crippen LogP contribution in [0.5, 0.6) is 0 Å². The van der Waals surface area contributed by atoms with Gasteiger partial charge in [0.1, 0.15) is 12.0 Å². The lowest BCUT2D eigenvalue weighted by atomic mass is 9.48. The van der Waals surface area contributed by atoms with E-state index in [1.165, 1.54) is 51.4 Å². The van der Waals surface area contributed by atoms with Gasteiger partial charge in [-0.2, -0.15) is 10.4 Å². The number of aromatic nitrogens is 2. The zero-order chi connectivity index (χ0) is 23.7. The highest BCUT2D eigenvalue weighted by molar-refractivity contribution is 5.54. The van der Waals surface area contributed by atoms with Crippen LogP contribution >= 0.6 is 0 Å². The van der Waals surface area contributed by atoms with E-state index in [1.807, 2.05) is 13.1 Å². The van der Waals surface area contributed by atoms with E-state index >= 15 is 0 Å². The molecule has 5 heteroatoms. The molecule has 1 N–H and O–H groups in total. The number of aliphatic hydroxyl groups is 1. The van der Waals surface area contributed by atoms with Crippen molar-refractivity contribution >= 4 is 5.94 Å². The average molecular weight is 462 g/mol. The fourth-order valence-corrected chi connectivity index (χ4v) is 10.4. The van der Waals surface area contributed by atoms with E-state index in [4.69, 9.17) is 5.26 Å². The number of hydrogen-bond acceptors (Lipinski definition) is 4. The van der Waals surface area contributed by atoms with E-state index in [0.717, 1.165) is 42.1 Å². The van der Waals surface area contributed by atoms with E-state index in [9.17, 15) is 9.90 Å². The highest BCUT2D eigenvalue weighted by atomic mass is 16.3. The summed E-state index contributed by atoms with van der Waals surface area (Å²) in [7, 11) is 0. The van der Waals surface area contributed by atoms with Crippen molar-refractivity contribution in [1.29, 1.82) is 5.26 Å². The van der Waals surface area contributed by atoms with Gasteiger partial charge in [0.2, 0.25) is 0 Å². The van der Waals surface area contributed by atoms with Crippen LogP contribution in [0.1, 0.15) is 83.7 Å². The molecular formula is C29H39N3O2. The summed E-state index contributed by atoms with van der Waals surface area (Å²) in [4.78, 5) is 12.4. The monoisotopic (exact) mass is 461 g/mol. The van der Waals surface area contributed by atoms with Crippen molar-refractivity contribution in [3.8, 4) is 6.07 Å². The molecule has 5 aliphatic rings. The molecule has 0 amide bonds. The second kappa shape index (κ2) is 8.07. The van der Waals surface area contributed by atoms with Crippen LogP contribution in [0, 0.1) is 64.1 Å². The van der Waals surface area contributed by atoms with Crippen LogP contribution in [-0.2, 0) is 11.3 Å². The van der Waals surface area contributed by atoms with Crippen LogP contribution in [0.4, 0.5) is 0 Å². The van der Waals surface area contributed by atoms with Gasteiger partial charge in [-0.15, -0.1) is 0 Å². The van der Waals surface area contributed by atoms with Crippen molar-refractivity contribution in [2.75, 3.05) is 0 Å². The minimum atomic E-state index is -0.465. The summed E-state index contributed by atoms with van der Waals surface area (Å²) in [6, 6.07) is 3.83. The zero-order valence-corrected chi connectivity index (χ0v) is 20.7. The van der Waals surface area contributed by atoms with Crippen molar-refractivity contribution < 1.29 is 9.90 Å². The Morgan fingerprint density at radius 1 is 1.09 bits per heavy atom. The molecule has 1 heterocycles. The number of allylic oxidation sites excluding steroid dienone is 1. The second-order valence-corrected chi connectivity index (χ2v) is 13.0. The van der Waals surface area contributed by atoms with Crippen LogP contribution in [0.3, 0.4) is 0 Å². The van der Waals surface area contributed by atoms with Gasteiger partial charge in [0, 0.05) is 17.7 Å². The first-order valence-corrected chi connectivity index (χ1v) is 13.7. The highest BCUT2D eigenvalue weighted by Crippen LogP contribution is 2.71. The molecule has 0 saturated heterocycles. The maximum absolute atomic E-state index is 12.4. The normalized spacial score (nSPS) is 47.0. The summed E-state index contributed by atoms with van der Waals surface area (Å²) in [5.74, 6) is 7.83. The molecule has 3 unspecified atom stereocenters. The Balaban J connectivity index is 1.30. The van der Waals surface area contributed by atoms with E-state index in [2.05, 4.69) is 24.0 Å². The Bertz CT molecular complexity index is 1050. The van der Waals surface area contributed by atoms with Gasteiger partial charge in [-0.3, -0.25) is 4.68 Å². The Labute approximate surface area is 203 Å². The molecular weight excluding hydrogens is 422 g/mol. The van der Waals surface area contributed by atoms with Gasteiger partial charge in [0.15, 0.2) is 5.69 Å². The van der Waals surface area contributed by atoms with Crippen molar-refractivity contribution in [2.45, 2.75) is 90.2 Å². The van der Waals surface area contributed by atoms with Crippen LogP contribution in [-0.4, -0.2) is 26.4 Å². The maximum Gasteiger partial charge on any atom is 0.162 e. The number of carbonyl (C=O) groups excluding carboxylic acids is 1. The Kier molecular flexibility index (Phi) is 5.36. The van der Waals surface area contributed by atoms with Crippen LogP contribution < -0.4 is 0 Å². The summed E-state index contributed by atoms with van der Waals surface area (Å²) in [5.41, 5.74) is 0.994. The third kappa shape index (κ3) is 3.36. The number of fused-ring (bicyclic) bond motifs is 7. The summed E-state index contributed by atoms with van der Waals surface area (Å²) in [6.45, 7) is 5.02. The standard InChI is InChI=1S/C29H39N3O2/c1-28(34)11-8-21-18(14-28)6-7-25-22(21)9-12-29(2)26(23-4-3-5-24(23)27(25)29)19(17-33)16-32-13-10-20(15-30)31-32/h10,13,18,21-27,34H,3-9,11-12,14,16H2,1-2H3/t18?,21-,22+,23-,24+,25?,26+,27?,28+,29+/m0/s1. The van der Waals surface area contributed by atoms with Gasteiger partial charge in [-0.05, 0) is 118 Å². The minimum absolute atomic E-state index is 0.169. The number of hydrogen-bond donors (Lipinski definition) is 1. The predicted octanol–water partition coefficient (Wildman–Crippen LogP) is 5.17. The van der Waals surface area contributed by atoms with E-state index in [1.54, 1.807) is 10.7 Å². The van der Waals surface area contributed by atoms with Gasteiger partial charge >= 0.3 is 0 Å². The molecule has 6 rings (SSSR count). The molecule has 0 spiro atoms. The molecule has 5 aliphatic carbocycles. The largest absolute Gasteiger partial charge is 0.390 e. The van der Waals surface area contributed by atoms with Crippen LogP contribution in [0.2, 0.25) is 0 Å². The smallest absolute Gasteiger partial charge is 0.162 e. The quantitative estimate of drug-likeness (QED) is 0.630. The fraction of sp³-hybridized carbons (Fsp3) is 0.793. The Morgan fingerprint density at radius 2 is 1.85 bits per heavy atom. The third-order valence-corrected chi connectivity index (χ3v) is 11.4.